The number of rotatable bonds is 7. The average Bonchev–Trinajstić information content (AvgIpc) is 3.25. The summed E-state index contributed by atoms with van der Waals surface area (Å²) in [5.74, 6) is 1.15. The van der Waals surface area contributed by atoms with Gasteiger partial charge in [0.1, 0.15) is 5.75 Å². The van der Waals surface area contributed by atoms with Gasteiger partial charge in [-0.2, -0.15) is 0 Å². The predicted octanol–water partition coefficient (Wildman–Crippen LogP) is 5.03. The van der Waals surface area contributed by atoms with E-state index in [9.17, 15) is 4.79 Å². The van der Waals surface area contributed by atoms with E-state index in [0.717, 1.165) is 27.0 Å². The van der Waals surface area contributed by atoms with Crippen molar-refractivity contribution in [2.45, 2.75) is 13.5 Å². The highest BCUT2D eigenvalue weighted by molar-refractivity contribution is 9.10. The smallest absolute Gasteiger partial charge is 0.291 e. The van der Waals surface area contributed by atoms with E-state index in [1.54, 1.807) is 4.68 Å². The zero-order valence-corrected chi connectivity index (χ0v) is 18.5. The van der Waals surface area contributed by atoms with Gasteiger partial charge in [-0.3, -0.25) is 4.79 Å². The standard InChI is InChI=1S/C24H21BrN4O2/c1-2-31-21-14-12-20(13-15-21)29-23(18-8-10-19(25)11-9-18)27-22(28-29)24(30)26-16-17-6-4-3-5-7-17/h3-15H,2,16H2,1H3,(H,26,30). The molecule has 4 rings (SSSR count). The number of ether oxygens (including phenoxy) is 1. The van der Waals surface area contributed by atoms with Crippen molar-refractivity contribution in [1.82, 2.24) is 20.1 Å². The number of hydrogen-bond acceptors (Lipinski definition) is 4. The third kappa shape index (κ3) is 5.00. The molecular weight excluding hydrogens is 456 g/mol. The van der Waals surface area contributed by atoms with Crippen molar-refractivity contribution >= 4 is 21.8 Å². The third-order valence-electron chi connectivity index (χ3n) is 4.60. The molecular formula is C24H21BrN4O2. The van der Waals surface area contributed by atoms with Crippen LogP contribution in [0.5, 0.6) is 5.75 Å². The van der Waals surface area contributed by atoms with E-state index in [2.05, 4.69) is 31.3 Å². The van der Waals surface area contributed by atoms with E-state index in [0.29, 0.717) is 19.0 Å². The highest BCUT2D eigenvalue weighted by Crippen LogP contribution is 2.24. The number of nitrogens with one attached hydrogen (secondary N) is 1. The molecule has 3 aromatic carbocycles. The van der Waals surface area contributed by atoms with Gasteiger partial charge >= 0.3 is 0 Å². The molecule has 0 bridgehead atoms. The molecule has 0 saturated heterocycles. The van der Waals surface area contributed by atoms with Gasteiger partial charge < -0.3 is 10.1 Å². The van der Waals surface area contributed by atoms with Crippen LogP contribution in [0.4, 0.5) is 0 Å². The van der Waals surface area contributed by atoms with Crippen LogP contribution in [0.15, 0.2) is 83.3 Å². The number of amides is 1. The lowest BCUT2D eigenvalue weighted by Gasteiger charge is -2.08. The molecule has 0 aliphatic rings. The first kappa shape index (κ1) is 20.8. The first-order valence-electron chi connectivity index (χ1n) is 9.92. The quantitative estimate of drug-likeness (QED) is 0.406. The lowest BCUT2D eigenvalue weighted by molar-refractivity contribution is 0.0940. The largest absolute Gasteiger partial charge is 0.494 e. The van der Waals surface area contributed by atoms with Crippen molar-refractivity contribution in [3.8, 4) is 22.8 Å². The number of halogens is 1. The van der Waals surface area contributed by atoms with Crippen LogP contribution < -0.4 is 10.1 Å². The van der Waals surface area contributed by atoms with Gasteiger partial charge in [-0.25, -0.2) is 9.67 Å². The summed E-state index contributed by atoms with van der Waals surface area (Å²) in [7, 11) is 0. The molecule has 7 heteroatoms. The van der Waals surface area contributed by atoms with Crippen LogP contribution in [-0.2, 0) is 6.54 Å². The van der Waals surface area contributed by atoms with Crippen LogP contribution in [0, 0.1) is 0 Å². The van der Waals surface area contributed by atoms with Gasteiger partial charge in [0.15, 0.2) is 5.82 Å². The van der Waals surface area contributed by atoms with Crippen molar-refractivity contribution < 1.29 is 9.53 Å². The summed E-state index contributed by atoms with van der Waals surface area (Å²) in [4.78, 5) is 17.3. The topological polar surface area (TPSA) is 69.0 Å². The molecule has 31 heavy (non-hydrogen) atoms. The zero-order chi connectivity index (χ0) is 21.6. The van der Waals surface area contributed by atoms with Crippen molar-refractivity contribution in [2.24, 2.45) is 0 Å². The summed E-state index contributed by atoms with van der Waals surface area (Å²) >= 11 is 3.45. The maximum absolute atomic E-state index is 12.8. The maximum atomic E-state index is 12.8. The summed E-state index contributed by atoms with van der Waals surface area (Å²) in [6.45, 7) is 2.95. The van der Waals surface area contributed by atoms with Gasteiger partial charge in [-0.05, 0) is 48.9 Å². The first-order chi connectivity index (χ1) is 15.1. The molecule has 0 atom stereocenters. The molecule has 0 unspecified atom stereocenters. The van der Waals surface area contributed by atoms with Gasteiger partial charge in [0.05, 0.1) is 12.3 Å². The van der Waals surface area contributed by atoms with E-state index in [4.69, 9.17) is 4.74 Å². The minimum Gasteiger partial charge on any atom is -0.494 e. The van der Waals surface area contributed by atoms with E-state index < -0.39 is 0 Å². The molecule has 1 aromatic heterocycles. The summed E-state index contributed by atoms with van der Waals surface area (Å²) in [5, 5.41) is 7.40. The number of aromatic nitrogens is 3. The van der Waals surface area contributed by atoms with Gasteiger partial charge in [-0.15, -0.1) is 5.10 Å². The number of benzene rings is 3. The monoisotopic (exact) mass is 476 g/mol. The number of carbonyl (C=O) groups is 1. The summed E-state index contributed by atoms with van der Waals surface area (Å²) in [5.41, 5.74) is 2.65. The van der Waals surface area contributed by atoms with Crippen LogP contribution in [0.25, 0.3) is 17.1 Å². The molecule has 0 fully saturated rings. The fraction of sp³-hybridized carbons (Fsp3) is 0.125. The summed E-state index contributed by atoms with van der Waals surface area (Å²) in [6, 6.07) is 25.0. The Morgan fingerprint density at radius 1 is 1.00 bits per heavy atom. The SMILES string of the molecule is CCOc1ccc(-n2nc(C(=O)NCc3ccccc3)nc2-c2ccc(Br)cc2)cc1. The molecule has 0 aliphatic carbocycles. The van der Waals surface area contributed by atoms with Gasteiger partial charge in [0.25, 0.3) is 5.91 Å². The molecule has 156 valence electrons. The van der Waals surface area contributed by atoms with E-state index in [1.165, 1.54) is 0 Å². The van der Waals surface area contributed by atoms with Crippen molar-refractivity contribution in [2.75, 3.05) is 6.61 Å². The highest BCUT2D eigenvalue weighted by Gasteiger charge is 2.19. The molecule has 1 N–H and O–H groups in total. The van der Waals surface area contributed by atoms with Crippen LogP contribution >= 0.6 is 15.9 Å². The average molecular weight is 477 g/mol. The molecule has 1 heterocycles. The van der Waals surface area contributed by atoms with Crippen molar-refractivity contribution in [1.29, 1.82) is 0 Å². The Bertz CT molecular complexity index is 1160. The Labute approximate surface area is 189 Å². The van der Waals surface area contributed by atoms with E-state index >= 15 is 0 Å². The first-order valence-corrected chi connectivity index (χ1v) is 10.7. The molecule has 1 amide bonds. The number of nitrogens with zero attached hydrogens (tertiary/aromatic N) is 3. The predicted molar refractivity (Wildman–Crippen MR) is 123 cm³/mol. The number of carbonyl (C=O) groups excluding carboxylic acids is 1. The van der Waals surface area contributed by atoms with Crippen LogP contribution in [0.1, 0.15) is 23.1 Å². The minimum absolute atomic E-state index is 0.114. The fourth-order valence-corrected chi connectivity index (χ4v) is 3.35. The second-order valence-corrected chi connectivity index (χ2v) is 7.69. The van der Waals surface area contributed by atoms with Crippen molar-refractivity contribution in [3.05, 3.63) is 94.7 Å². The van der Waals surface area contributed by atoms with E-state index in [-0.39, 0.29) is 11.7 Å². The van der Waals surface area contributed by atoms with Crippen molar-refractivity contribution in [3.63, 3.8) is 0 Å². The highest BCUT2D eigenvalue weighted by atomic mass is 79.9. The van der Waals surface area contributed by atoms with E-state index in [1.807, 2.05) is 85.8 Å². The summed E-state index contributed by atoms with van der Waals surface area (Å²) in [6.07, 6.45) is 0. The molecule has 0 spiro atoms. The van der Waals surface area contributed by atoms with Gasteiger partial charge in [-0.1, -0.05) is 58.4 Å². The second-order valence-electron chi connectivity index (χ2n) is 6.77. The zero-order valence-electron chi connectivity index (χ0n) is 17.0. The molecule has 0 saturated carbocycles. The van der Waals surface area contributed by atoms with Crippen LogP contribution in [0.2, 0.25) is 0 Å². The third-order valence-corrected chi connectivity index (χ3v) is 5.13. The van der Waals surface area contributed by atoms with Crippen LogP contribution in [-0.4, -0.2) is 27.3 Å². The Morgan fingerprint density at radius 2 is 1.71 bits per heavy atom. The molecule has 6 nitrogen and oxygen atoms in total. The Kier molecular flexibility index (Phi) is 6.43. The molecule has 0 radical (unpaired) electrons. The molecule has 0 aliphatic heterocycles. The minimum atomic E-state index is -0.327. The molecule has 4 aromatic rings. The maximum Gasteiger partial charge on any atom is 0.291 e. The second kappa shape index (κ2) is 9.57. The number of hydrogen-bond donors (Lipinski definition) is 1. The van der Waals surface area contributed by atoms with Gasteiger partial charge in [0.2, 0.25) is 5.82 Å². The summed E-state index contributed by atoms with van der Waals surface area (Å²) < 4.78 is 8.17. The van der Waals surface area contributed by atoms with Crippen LogP contribution in [0.3, 0.4) is 0 Å². The lowest BCUT2D eigenvalue weighted by atomic mass is 10.2. The van der Waals surface area contributed by atoms with Gasteiger partial charge in [0, 0.05) is 16.6 Å². The lowest BCUT2D eigenvalue weighted by Crippen LogP contribution is -2.24. The Morgan fingerprint density at radius 3 is 2.39 bits per heavy atom. The Balaban J connectivity index is 1.66. The fourth-order valence-electron chi connectivity index (χ4n) is 3.08. The normalized spacial score (nSPS) is 10.6. The Hall–Kier alpha value is -3.45.